The van der Waals surface area contributed by atoms with Crippen molar-refractivity contribution >= 4 is 17.6 Å². The fourth-order valence-electron chi connectivity index (χ4n) is 3.05. The van der Waals surface area contributed by atoms with Crippen LogP contribution in [0.5, 0.6) is 11.5 Å². The lowest BCUT2D eigenvalue weighted by molar-refractivity contribution is -0.155. The van der Waals surface area contributed by atoms with E-state index >= 15 is 0 Å². The quantitative estimate of drug-likeness (QED) is 0.536. The number of aromatic nitrogens is 1. The Morgan fingerprint density at radius 3 is 2.44 bits per heavy atom. The van der Waals surface area contributed by atoms with E-state index < -0.39 is 17.7 Å². The number of aliphatic hydroxyl groups excluding tert-OH is 1. The summed E-state index contributed by atoms with van der Waals surface area (Å²) in [6.07, 6.45) is 3.38. The van der Waals surface area contributed by atoms with E-state index in [-0.39, 0.29) is 18.7 Å². The number of carbonyl (C=O) groups is 2. The molecule has 2 N–H and O–H groups in total. The first-order valence-corrected chi connectivity index (χ1v) is 10.5. The van der Waals surface area contributed by atoms with Gasteiger partial charge in [0.1, 0.15) is 5.60 Å². The molecule has 0 aliphatic heterocycles. The van der Waals surface area contributed by atoms with Gasteiger partial charge >= 0.3 is 5.97 Å². The van der Waals surface area contributed by atoms with Crippen molar-refractivity contribution in [3.8, 4) is 11.5 Å². The maximum Gasteiger partial charge on any atom is 0.306 e. The number of amides is 1. The van der Waals surface area contributed by atoms with E-state index in [2.05, 4.69) is 10.3 Å². The van der Waals surface area contributed by atoms with Gasteiger partial charge in [-0.25, -0.2) is 0 Å². The first-order chi connectivity index (χ1) is 15.1. The van der Waals surface area contributed by atoms with Gasteiger partial charge in [-0.1, -0.05) is 6.07 Å². The zero-order valence-corrected chi connectivity index (χ0v) is 19.3. The van der Waals surface area contributed by atoms with Gasteiger partial charge in [0.05, 0.1) is 38.6 Å². The molecule has 8 heteroatoms. The van der Waals surface area contributed by atoms with E-state index in [4.69, 9.17) is 14.2 Å². The number of nitrogens with zero attached hydrogens (tertiary/aromatic N) is 1. The van der Waals surface area contributed by atoms with Crippen molar-refractivity contribution in [2.45, 2.75) is 58.2 Å². The van der Waals surface area contributed by atoms with Crippen LogP contribution in [0.15, 0.2) is 36.7 Å². The van der Waals surface area contributed by atoms with Crippen LogP contribution in [0.25, 0.3) is 0 Å². The minimum Gasteiger partial charge on any atom is -0.493 e. The molecule has 174 valence electrons. The van der Waals surface area contributed by atoms with Crippen LogP contribution in [-0.2, 0) is 20.7 Å². The average Bonchev–Trinajstić information content (AvgIpc) is 2.74. The zero-order valence-electron chi connectivity index (χ0n) is 19.3. The van der Waals surface area contributed by atoms with Crippen LogP contribution >= 0.6 is 0 Å². The van der Waals surface area contributed by atoms with Crippen LogP contribution in [0.1, 0.15) is 57.3 Å². The number of aryl methyl sites for hydroxylation is 1. The first kappa shape index (κ1) is 25.1. The second-order valence-corrected chi connectivity index (χ2v) is 8.39. The van der Waals surface area contributed by atoms with E-state index in [1.54, 1.807) is 47.3 Å². The minimum absolute atomic E-state index is 0.000989. The smallest absolute Gasteiger partial charge is 0.306 e. The fraction of sp³-hybridized carbons (Fsp3) is 0.458. The lowest BCUT2D eigenvalue weighted by Gasteiger charge is -2.19. The van der Waals surface area contributed by atoms with E-state index in [1.807, 2.05) is 18.2 Å². The largest absolute Gasteiger partial charge is 0.493 e. The number of esters is 1. The molecule has 0 aliphatic rings. The summed E-state index contributed by atoms with van der Waals surface area (Å²) < 4.78 is 15.8. The van der Waals surface area contributed by atoms with E-state index in [0.29, 0.717) is 35.6 Å². The lowest BCUT2D eigenvalue weighted by atomic mass is 10.0. The molecule has 0 saturated carbocycles. The van der Waals surface area contributed by atoms with Crippen molar-refractivity contribution in [3.05, 3.63) is 47.8 Å². The number of ether oxygens (including phenoxy) is 3. The van der Waals surface area contributed by atoms with Gasteiger partial charge in [-0.3, -0.25) is 14.6 Å². The highest BCUT2D eigenvalue weighted by Crippen LogP contribution is 2.29. The summed E-state index contributed by atoms with van der Waals surface area (Å²) in [4.78, 5) is 28.0. The molecular formula is C24H32N2O6. The molecule has 0 bridgehead atoms. The van der Waals surface area contributed by atoms with E-state index in [1.165, 1.54) is 6.20 Å². The van der Waals surface area contributed by atoms with Crippen LogP contribution in [0, 0.1) is 0 Å². The standard InChI is InChI=1S/C24H32N2O6/c1-24(2,3)32-23(29)11-10-22(28)26-18-13-17(14-25-15-18)19(27)8-6-16-7-9-20(30-4)21(12-16)31-5/h7,9,12-15,19,27H,6,8,10-11H2,1-5H3,(H,26,28)/t19-/m1/s1. The van der Waals surface area contributed by atoms with Crippen molar-refractivity contribution in [3.63, 3.8) is 0 Å². The molecule has 0 spiro atoms. The molecule has 1 amide bonds. The van der Waals surface area contributed by atoms with Gasteiger partial charge < -0.3 is 24.6 Å². The summed E-state index contributed by atoms with van der Waals surface area (Å²) in [6, 6.07) is 7.31. The number of carbonyl (C=O) groups excluding carboxylic acids is 2. The normalized spacial score (nSPS) is 12.1. The molecule has 0 saturated heterocycles. The van der Waals surface area contributed by atoms with Crippen molar-refractivity contribution in [1.29, 1.82) is 0 Å². The number of anilines is 1. The Kier molecular flexibility index (Phi) is 9.02. The van der Waals surface area contributed by atoms with Crippen LogP contribution in [-0.4, -0.2) is 41.8 Å². The molecule has 0 radical (unpaired) electrons. The van der Waals surface area contributed by atoms with Crippen LogP contribution in [0.2, 0.25) is 0 Å². The van der Waals surface area contributed by atoms with Gasteiger partial charge in [-0.2, -0.15) is 0 Å². The molecule has 32 heavy (non-hydrogen) atoms. The molecule has 0 fully saturated rings. The highest BCUT2D eigenvalue weighted by atomic mass is 16.6. The Morgan fingerprint density at radius 1 is 1.06 bits per heavy atom. The van der Waals surface area contributed by atoms with Crippen molar-refractivity contribution in [2.24, 2.45) is 0 Å². The van der Waals surface area contributed by atoms with Gasteiger partial charge in [0.2, 0.25) is 5.91 Å². The molecule has 8 nitrogen and oxygen atoms in total. The summed E-state index contributed by atoms with van der Waals surface area (Å²) >= 11 is 0. The maximum atomic E-state index is 12.2. The first-order valence-electron chi connectivity index (χ1n) is 10.5. The lowest BCUT2D eigenvalue weighted by Crippen LogP contribution is -2.24. The van der Waals surface area contributed by atoms with Crippen LogP contribution in [0.3, 0.4) is 0 Å². The Balaban J connectivity index is 1.90. The number of nitrogens with one attached hydrogen (secondary N) is 1. The van der Waals surface area contributed by atoms with Crippen molar-refractivity contribution in [2.75, 3.05) is 19.5 Å². The summed E-state index contributed by atoms with van der Waals surface area (Å²) in [5, 5.41) is 13.3. The summed E-state index contributed by atoms with van der Waals surface area (Å²) in [6.45, 7) is 5.33. The Hall–Kier alpha value is -3.13. The molecule has 1 aromatic heterocycles. The molecular weight excluding hydrogens is 412 g/mol. The molecule has 0 aliphatic carbocycles. The van der Waals surface area contributed by atoms with Gasteiger partial charge in [0.15, 0.2) is 11.5 Å². The van der Waals surface area contributed by atoms with Gasteiger partial charge in [0.25, 0.3) is 0 Å². The van der Waals surface area contributed by atoms with E-state index in [9.17, 15) is 14.7 Å². The third kappa shape index (κ3) is 8.19. The van der Waals surface area contributed by atoms with Crippen molar-refractivity contribution < 1.29 is 28.9 Å². The molecule has 1 aromatic carbocycles. The van der Waals surface area contributed by atoms with Crippen LogP contribution < -0.4 is 14.8 Å². The highest BCUT2D eigenvalue weighted by Gasteiger charge is 2.17. The molecule has 0 unspecified atom stereocenters. The van der Waals surface area contributed by atoms with Crippen molar-refractivity contribution in [1.82, 2.24) is 4.98 Å². The van der Waals surface area contributed by atoms with E-state index in [0.717, 1.165) is 5.56 Å². The minimum atomic E-state index is -0.755. The molecule has 2 rings (SSSR count). The Morgan fingerprint density at radius 2 is 1.78 bits per heavy atom. The van der Waals surface area contributed by atoms with Crippen LogP contribution in [0.4, 0.5) is 5.69 Å². The second kappa shape index (κ2) is 11.5. The number of hydrogen-bond donors (Lipinski definition) is 2. The molecule has 2 aromatic rings. The maximum absolute atomic E-state index is 12.2. The third-order valence-corrected chi connectivity index (χ3v) is 4.56. The monoisotopic (exact) mass is 444 g/mol. The number of hydrogen-bond acceptors (Lipinski definition) is 7. The number of benzene rings is 1. The molecule has 1 atom stereocenters. The SMILES string of the molecule is COc1ccc(CC[C@@H](O)c2cncc(NC(=O)CCC(=O)OC(C)(C)C)c2)cc1OC. The third-order valence-electron chi connectivity index (χ3n) is 4.56. The summed E-state index contributed by atoms with van der Waals surface area (Å²) in [5.74, 6) is 0.535. The zero-order chi connectivity index (χ0) is 23.7. The number of rotatable bonds is 10. The topological polar surface area (TPSA) is 107 Å². The Labute approximate surface area is 188 Å². The summed E-state index contributed by atoms with van der Waals surface area (Å²) in [7, 11) is 3.16. The predicted octanol–water partition coefficient (Wildman–Crippen LogP) is 3.83. The second-order valence-electron chi connectivity index (χ2n) is 8.39. The average molecular weight is 445 g/mol. The van der Waals surface area contributed by atoms with Gasteiger partial charge in [-0.15, -0.1) is 0 Å². The number of pyridine rings is 1. The Bertz CT molecular complexity index is 923. The number of aliphatic hydroxyl groups is 1. The van der Waals surface area contributed by atoms with Gasteiger partial charge in [0, 0.05) is 18.2 Å². The fourth-order valence-corrected chi connectivity index (χ4v) is 3.05. The summed E-state index contributed by atoms with van der Waals surface area (Å²) in [5.41, 5.74) is 1.47. The van der Waals surface area contributed by atoms with Gasteiger partial charge in [-0.05, 0) is 57.4 Å². The molecule has 1 heterocycles. The number of methoxy groups -OCH3 is 2. The highest BCUT2D eigenvalue weighted by molar-refractivity contribution is 5.92. The predicted molar refractivity (Wildman–Crippen MR) is 121 cm³/mol.